The van der Waals surface area contributed by atoms with E-state index in [4.69, 9.17) is 5.73 Å². The van der Waals surface area contributed by atoms with Crippen molar-refractivity contribution in [2.45, 2.75) is 49.1 Å². The minimum Gasteiger partial charge on any atom is -0.327 e. The van der Waals surface area contributed by atoms with Gasteiger partial charge in [0.15, 0.2) is 0 Å². The molecule has 1 aliphatic carbocycles. The van der Waals surface area contributed by atoms with Crippen LogP contribution in [-0.2, 0) is 0 Å². The van der Waals surface area contributed by atoms with Crippen LogP contribution in [0.4, 0.5) is 0 Å². The summed E-state index contributed by atoms with van der Waals surface area (Å²) in [6.45, 7) is 2.31. The van der Waals surface area contributed by atoms with Gasteiger partial charge in [0.25, 0.3) is 0 Å². The molecule has 0 aromatic rings. The molecule has 0 aromatic heterocycles. The number of nitrogens with two attached hydrogens (primary N) is 1. The summed E-state index contributed by atoms with van der Waals surface area (Å²) in [7, 11) is 0. The monoisotopic (exact) mass is 231 g/mol. The van der Waals surface area contributed by atoms with Gasteiger partial charge in [0.1, 0.15) is 0 Å². The van der Waals surface area contributed by atoms with Crippen molar-refractivity contribution in [3.8, 4) is 0 Å². The van der Waals surface area contributed by atoms with Crippen LogP contribution in [0.3, 0.4) is 0 Å². The van der Waals surface area contributed by atoms with E-state index in [2.05, 4.69) is 30.4 Å². The third-order valence-corrected chi connectivity index (χ3v) is 6.65. The molecule has 0 radical (unpaired) electrons. The predicted octanol–water partition coefficient (Wildman–Crippen LogP) is 2.74. The molecule has 0 bridgehead atoms. The highest BCUT2D eigenvalue weighted by molar-refractivity contribution is 8.07. The molecule has 0 amide bonds. The molecule has 1 heterocycles. The number of thioether (sulfide) groups is 2. The maximum atomic E-state index is 6.32. The van der Waals surface area contributed by atoms with Crippen LogP contribution in [0.2, 0.25) is 0 Å². The molecule has 2 rings (SSSR count). The Hall–Kier alpha value is 0.660. The minimum atomic E-state index is 0.463. The van der Waals surface area contributed by atoms with Gasteiger partial charge in [0, 0.05) is 28.0 Å². The molecule has 0 spiro atoms. The number of hydrogen-bond donors (Lipinski definition) is 1. The largest absolute Gasteiger partial charge is 0.327 e. The first-order valence-corrected chi connectivity index (χ1v) is 7.89. The van der Waals surface area contributed by atoms with Crippen LogP contribution in [0.25, 0.3) is 0 Å². The lowest BCUT2D eigenvalue weighted by Gasteiger charge is -2.34. The maximum Gasteiger partial charge on any atom is 0.0318 e. The molecule has 82 valence electrons. The summed E-state index contributed by atoms with van der Waals surface area (Å²) in [6.07, 6.45) is 5.46. The van der Waals surface area contributed by atoms with E-state index < -0.39 is 0 Å². The molecule has 1 aliphatic heterocycles. The smallest absolute Gasteiger partial charge is 0.0318 e. The Labute approximate surface area is 96.0 Å². The zero-order valence-corrected chi connectivity index (χ0v) is 10.6. The molecule has 3 atom stereocenters. The van der Waals surface area contributed by atoms with Gasteiger partial charge in [-0.05, 0) is 18.8 Å². The van der Waals surface area contributed by atoms with E-state index in [0.29, 0.717) is 6.04 Å². The Bertz CT molecular complexity index is 182. The van der Waals surface area contributed by atoms with Crippen LogP contribution >= 0.6 is 23.5 Å². The van der Waals surface area contributed by atoms with Crippen molar-refractivity contribution in [2.75, 3.05) is 11.5 Å². The van der Waals surface area contributed by atoms with Gasteiger partial charge in [-0.25, -0.2) is 0 Å². The van der Waals surface area contributed by atoms with Crippen LogP contribution in [0.15, 0.2) is 0 Å². The standard InChI is InChI=1S/C11H21NS2/c1-2-10-11(14-6-5-13-10)9(12)7-8-3-4-8/h8-11H,2-7,12H2,1H3. The zero-order valence-electron chi connectivity index (χ0n) is 8.95. The van der Waals surface area contributed by atoms with E-state index in [9.17, 15) is 0 Å². The molecular formula is C11H21NS2. The Morgan fingerprint density at radius 3 is 2.64 bits per heavy atom. The van der Waals surface area contributed by atoms with Gasteiger partial charge in [-0.1, -0.05) is 19.8 Å². The predicted molar refractivity (Wildman–Crippen MR) is 68.1 cm³/mol. The quantitative estimate of drug-likeness (QED) is 0.806. The van der Waals surface area contributed by atoms with Gasteiger partial charge in [-0.2, -0.15) is 23.5 Å². The van der Waals surface area contributed by atoms with Crippen LogP contribution in [-0.4, -0.2) is 28.0 Å². The van der Waals surface area contributed by atoms with E-state index >= 15 is 0 Å². The fourth-order valence-electron chi connectivity index (χ4n) is 2.21. The Morgan fingerprint density at radius 1 is 1.29 bits per heavy atom. The van der Waals surface area contributed by atoms with Crippen molar-refractivity contribution >= 4 is 23.5 Å². The summed E-state index contributed by atoms with van der Waals surface area (Å²) in [6, 6.07) is 0.463. The van der Waals surface area contributed by atoms with Gasteiger partial charge in [0.05, 0.1) is 0 Å². The topological polar surface area (TPSA) is 26.0 Å². The van der Waals surface area contributed by atoms with Gasteiger partial charge in [0.2, 0.25) is 0 Å². The second kappa shape index (κ2) is 5.13. The van der Waals surface area contributed by atoms with E-state index in [0.717, 1.165) is 16.4 Å². The first-order valence-electron chi connectivity index (χ1n) is 5.80. The summed E-state index contributed by atoms with van der Waals surface area (Å²) >= 11 is 4.27. The Balaban J connectivity index is 1.84. The lowest BCUT2D eigenvalue weighted by molar-refractivity contribution is 0.530. The Morgan fingerprint density at radius 2 is 2.00 bits per heavy atom. The van der Waals surface area contributed by atoms with Crippen molar-refractivity contribution in [3.05, 3.63) is 0 Å². The van der Waals surface area contributed by atoms with E-state index in [1.165, 1.54) is 37.2 Å². The molecule has 1 nitrogen and oxygen atoms in total. The van der Waals surface area contributed by atoms with Crippen LogP contribution in [0.1, 0.15) is 32.6 Å². The summed E-state index contributed by atoms with van der Waals surface area (Å²) in [4.78, 5) is 0. The highest BCUT2D eigenvalue weighted by atomic mass is 32.2. The van der Waals surface area contributed by atoms with Crippen LogP contribution < -0.4 is 5.73 Å². The fraction of sp³-hybridized carbons (Fsp3) is 1.00. The van der Waals surface area contributed by atoms with E-state index in [-0.39, 0.29) is 0 Å². The summed E-state index contributed by atoms with van der Waals surface area (Å²) in [5.41, 5.74) is 6.32. The van der Waals surface area contributed by atoms with Crippen LogP contribution in [0.5, 0.6) is 0 Å². The molecule has 1 saturated heterocycles. The van der Waals surface area contributed by atoms with E-state index in [1.807, 2.05) is 0 Å². The molecular weight excluding hydrogens is 210 g/mol. The normalized spacial score (nSPS) is 35.6. The van der Waals surface area contributed by atoms with Gasteiger partial charge in [-0.3, -0.25) is 0 Å². The third-order valence-electron chi connectivity index (χ3n) is 3.22. The SMILES string of the molecule is CCC1SCCSC1C(N)CC1CC1. The maximum absolute atomic E-state index is 6.32. The van der Waals surface area contributed by atoms with Crippen LogP contribution in [0, 0.1) is 5.92 Å². The highest BCUT2D eigenvalue weighted by Gasteiger charge is 2.33. The molecule has 14 heavy (non-hydrogen) atoms. The van der Waals surface area contributed by atoms with Gasteiger partial charge in [-0.15, -0.1) is 0 Å². The molecule has 1 saturated carbocycles. The fourth-order valence-corrected chi connectivity index (χ4v) is 5.42. The number of rotatable bonds is 4. The number of hydrogen-bond acceptors (Lipinski definition) is 3. The summed E-state index contributed by atoms with van der Waals surface area (Å²) in [5.74, 6) is 3.62. The van der Waals surface area contributed by atoms with Crippen molar-refractivity contribution in [2.24, 2.45) is 11.7 Å². The van der Waals surface area contributed by atoms with Crippen molar-refractivity contribution in [3.63, 3.8) is 0 Å². The molecule has 2 fully saturated rings. The summed E-state index contributed by atoms with van der Waals surface area (Å²) < 4.78 is 0. The first kappa shape index (κ1) is 11.2. The van der Waals surface area contributed by atoms with Crippen molar-refractivity contribution < 1.29 is 0 Å². The Kier molecular flexibility index (Phi) is 4.09. The second-order valence-corrected chi connectivity index (χ2v) is 7.13. The molecule has 2 aliphatic rings. The second-order valence-electron chi connectivity index (χ2n) is 4.50. The lowest BCUT2D eigenvalue weighted by atomic mass is 10.0. The zero-order chi connectivity index (χ0) is 9.97. The average molecular weight is 231 g/mol. The molecule has 0 aromatic carbocycles. The minimum absolute atomic E-state index is 0.463. The molecule has 3 unspecified atom stereocenters. The van der Waals surface area contributed by atoms with Gasteiger partial charge < -0.3 is 5.73 Å². The average Bonchev–Trinajstić information content (AvgIpc) is 3.01. The van der Waals surface area contributed by atoms with Crippen molar-refractivity contribution in [1.82, 2.24) is 0 Å². The molecule has 3 heteroatoms. The van der Waals surface area contributed by atoms with Crippen molar-refractivity contribution in [1.29, 1.82) is 0 Å². The molecule has 2 N–H and O–H groups in total. The van der Waals surface area contributed by atoms with Gasteiger partial charge >= 0.3 is 0 Å². The highest BCUT2D eigenvalue weighted by Crippen LogP contribution is 2.39. The lowest BCUT2D eigenvalue weighted by Crippen LogP contribution is -2.41. The van der Waals surface area contributed by atoms with E-state index in [1.54, 1.807) is 0 Å². The first-order chi connectivity index (χ1) is 6.81. The third kappa shape index (κ3) is 2.83. The summed E-state index contributed by atoms with van der Waals surface area (Å²) in [5, 5.41) is 1.56.